The Morgan fingerprint density at radius 2 is 2.07 bits per heavy atom. The number of esters is 1. The molecule has 0 bridgehead atoms. The molecule has 0 aromatic rings. The topological polar surface area (TPSA) is 38.3 Å². The van der Waals surface area contributed by atoms with Crippen molar-refractivity contribution in [3.8, 4) is 0 Å². The Bertz CT molecular complexity index is 176. The standard InChI is InChI=1S/C11H21NO2/c1-5-8-12-10(11(13)14-4)9(6-2)7-3/h5,9-10,12H,1,6-8H2,2-4H3. The van der Waals surface area contributed by atoms with Crippen LogP contribution in [0.5, 0.6) is 0 Å². The number of ether oxygens (including phenoxy) is 1. The molecule has 3 nitrogen and oxygen atoms in total. The number of rotatable bonds is 7. The van der Waals surface area contributed by atoms with E-state index in [0.717, 1.165) is 12.8 Å². The maximum atomic E-state index is 11.5. The fourth-order valence-corrected chi connectivity index (χ4v) is 1.54. The van der Waals surface area contributed by atoms with Gasteiger partial charge in [0.2, 0.25) is 0 Å². The Hall–Kier alpha value is -0.830. The second kappa shape index (κ2) is 7.56. The van der Waals surface area contributed by atoms with E-state index in [4.69, 9.17) is 4.74 Å². The van der Waals surface area contributed by atoms with Crippen molar-refractivity contribution in [1.29, 1.82) is 0 Å². The highest BCUT2D eigenvalue weighted by molar-refractivity contribution is 5.76. The van der Waals surface area contributed by atoms with Crippen LogP contribution in [-0.2, 0) is 9.53 Å². The van der Waals surface area contributed by atoms with Crippen molar-refractivity contribution < 1.29 is 9.53 Å². The van der Waals surface area contributed by atoms with Crippen molar-refractivity contribution in [2.75, 3.05) is 13.7 Å². The largest absolute Gasteiger partial charge is 0.468 e. The molecule has 0 saturated carbocycles. The summed E-state index contributed by atoms with van der Waals surface area (Å²) >= 11 is 0. The van der Waals surface area contributed by atoms with Crippen molar-refractivity contribution >= 4 is 5.97 Å². The molecular formula is C11H21NO2. The second-order valence-corrected chi connectivity index (χ2v) is 3.27. The molecule has 0 saturated heterocycles. The molecule has 82 valence electrons. The third kappa shape index (κ3) is 3.92. The zero-order valence-electron chi connectivity index (χ0n) is 9.38. The molecule has 0 aliphatic heterocycles. The maximum absolute atomic E-state index is 11.5. The molecule has 0 rings (SSSR count). The number of carbonyl (C=O) groups excluding carboxylic acids is 1. The summed E-state index contributed by atoms with van der Waals surface area (Å²) in [6.07, 6.45) is 3.69. The minimum absolute atomic E-state index is 0.180. The molecule has 0 aromatic carbocycles. The lowest BCUT2D eigenvalue weighted by Gasteiger charge is -2.23. The Morgan fingerprint density at radius 3 is 2.43 bits per heavy atom. The first-order chi connectivity index (χ1) is 6.71. The Morgan fingerprint density at radius 1 is 1.50 bits per heavy atom. The number of methoxy groups -OCH3 is 1. The van der Waals surface area contributed by atoms with Crippen LogP contribution in [0.4, 0.5) is 0 Å². The normalized spacial score (nSPS) is 12.6. The quantitative estimate of drug-likeness (QED) is 0.501. The van der Waals surface area contributed by atoms with Gasteiger partial charge in [-0.3, -0.25) is 4.79 Å². The SMILES string of the molecule is C=CCNC(C(=O)OC)C(CC)CC. The molecule has 1 atom stereocenters. The van der Waals surface area contributed by atoms with Gasteiger partial charge in [0.1, 0.15) is 6.04 Å². The molecule has 0 amide bonds. The number of hydrogen-bond donors (Lipinski definition) is 1. The molecule has 1 unspecified atom stereocenters. The summed E-state index contributed by atoms with van der Waals surface area (Å²) in [4.78, 5) is 11.5. The van der Waals surface area contributed by atoms with E-state index in [2.05, 4.69) is 25.7 Å². The molecule has 0 aliphatic rings. The van der Waals surface area contributed by atoms with Crippen LogP contribution in [0.2, 0.25) is 0 Å². The van der Waals surface area contributed by atoms with Gasteiger partial charge in [-0.2, -0.15) is 0 Å². The highest BCUT2D eigenvalue weighted by Gasteiger charge is 2.25. The van der Waals surface area contributed by atoms with E-state index in [1.807, 2.05) is 0 Å². The summed E-state index contributed by atoms with van der Waals surface area (Å²) < 4.78 is 4.76. The van der Waals surface area contributed by atoms with Crippen molar-refractivity contribution in [2.45, 2.75) is 32.7 Å². The predicted molar refractivity (Wildman–Crippen MR) is 58.1 cm³/mol. The first kappa shape index (κ1) is 13.2. The van der Waals surface area contributed by atoms with Gasteiger partial charge in [0.15, 0.2) is 0 Å². The van der Waals surface area contributed by atoms with E-state index >= 15 is 0 Å². The van der Waals surface area contributed by atoms with Gasteiger partial charge in [0.25, 0.3) is 0 Å². The summed E-state index contributed by atoms with van der Waals surface area (Å²) in [6, 6.07) is -0.201. The van der Waals surface area contributed by atoms with Crippen molar-refractivity contribution in [3.05, 3.63) is 12.7 Å². The highest BCUT2D eigenvalue weighted by atomic mass is 16.5. The number of nitrogens with one attached hydrogen (secondary N) is 1. The molecule has 1 N–H and O–H groups in total. The monoisotopic (exact) mass is 199 g/mol. The summed E-state index contributed by atoms with van der Waals surface area (Å²) in [6.45, 7) is 8.42. The minimum Gasteiger partial charge on any atom is -0.468 e. The second-order valence-electron chi connectivity index (χ2n) is 3.27. The van der Waals surface area contributed by atoms with E-state index in [0.29, 0.717) is 12.5 Å². The fraction of sp³-hybridized carbons (Fsp3) is 0.727. The van der Waals surface area contributed by atoms with Crippen LogP contribution in [0.1, 0.15) is 26.7 Å². The van der Waals surface area contributed by atoms with Gasteiger partial charge in [0, 0.05) is 6.54 Å². The minimum atomic E-state index is -0.201. The van der Waals surface area contributed by atoms with Gasteiger partial charge in [0.05, 0.1) is 7.11 Å². The molecule has 0 spiro atoms. The van der Waals surface area contributed by atoms with Crippen LogP contribution in [0.3, 0.4) is 0 Å². The van der Waals surface area contributed by atoms with Crippen LogP contribution in [0, 0.1) is 5.92 Å². The van der Waals surface area contributed by atoms with Crippen LogP contribution >= 0.6 is 0 Å². The Kier molecular flexibility index (Phi) is 7.11. The molecule has 14 heavy (non-hydrogen) atoms. The Balaban J connectivity index is 4.34. The molecule has 3 heteroatoms. The van der Waals surface area contributed by atoms with Crippen LogP contribution in [-0.4, -0.2) is 25.7 Å². The lowest BCUT2D eigenvalue weighted by Crippen LogP contribution is -2.43. The van der Waals surface area contributed by atoms with Crippen molar-refractivity contribution in [2.24, 2.45) is 5.92 Å². The third-order valence-corrected chi connectivity index (χ3v) is 2.46. The van der Waals surface area contributed by atoms with Gasteiger partial charge >= 0.3 is 5.97 Å². The third-order valence-electron chi connectivity index (χ3n) is 2.46. The predicted octanol–water partition coefficient (Wildman–Crippen LogP) is 1.74. The summed E-state index contributed by atoms with van der Waals surface area (Å²) in [5, 5.41) is 3.13. The van der Waals surface area contributed by atoms with Crippen molar-refractivity contribution in [3.63, 3.8) is 0 Å². The van der Waals surface area contributed by atoms with E-state index in [1.165, 1.54) is 7.11 Å². The average Bonchev–Trinajstić information content (AvgIpc) is 2.23. The van der Waals surface area contributed by atoms with Gasteiger partial charge in [-0.15, -0.1) is 6.58 Å². The zero-order valence-corrected chi connectivity index (χ0v) is 9.38. The van der Waals surface area contributed by atoms with Gasteiger partial charge in [-0.1, -0.05) is 32.8 Å². The maximum Gasteiger partial charge on any atom is 0.323 e. The van der Waals surface area contributed by atoms with E-state index in [9.17, 15) is 4.79 Å². The highest BCUT2D eigenvalue weighted by Crippen LogP contribution is 2.14. The van der Waals surface area contributed by atoms with Gasteiger partial charge in [-0.05, 0) is 5.92 Å². The average molecular weight is 199 g/mol. The van der Waals surface area contributed by atoms with Crippen LogP contribution in [0.15, 0.2) is 12.7 Å². The van der Waals surface area contributed by atoms with E-state index in [-0.39, 0.29) is 12.0 Å². The van der Waals surface area contributed by atoms with Crippen LogP contribution < -0.4 is 5.32 Å². The summed E-state index contributed by atoms with van der Waals surface area (Å²) in [7, 11) is 1.42. The lowest BCUT2D eigenvalue weighted by molar-refractivity contribution is -0.144. The molecular weight excluding hydrogens is 178 g/mol. The van der Waals surface area contributed by atoms with Crippen LogP contribution in [0.25, 0.3) is 0 Å². The molecule has 0 radical (unpaired) electrons. The van der Waals surface area contributed by atoms with Gasteiger partial charge in [-0.25, -0.2) is 0 Å². The smallest absolute Gasteiger partial charge is 0.323 e. The molecule has 0 aliphatic carbocycles. The lowest BCUT2D eigenvalue weighted by atomic mass is 9.94. The molecule has 0 heterocycles. The van der Waals surface area contributed by atoms with E-state index < -0.39 is 0 Å². The fourth-order valence-electron chi connectivity index (χ4n) is 1.54. The molecule has 0 fully saturated rings. The molecule has 0 aromatic heterocycles. The Labute approximate surface area is 86.5 Å². The zero-order chi connectivity index (χ0) is 11.0. The first-order valence-corrected chi connectivity index (χ1v) is 5.13. The summed E-state index contributed by atoms with van der Waals surface area (Å²) in [5.74, 6) is 0.156. The van der Waals surface area contributed by atoms with E-state index in [1.54, 1.807) is 6.08 Å². The number of carbonyl (C=O) groups is 1. The first-order valence-electron chi connectivity index (χ1n) is 5.13. The van der Waals surface area contributed by atoms with Crippen molar-refractivity contribution in [1.82, 2.24) is 5.32 Å². The number of hydrogen-bond acceptors (Lipinski definition) is 3. The van der Waals surface area contributed by atoms with Gasteiger partial charge < -0.3 is 10.1 Å². The summed E-state index contributed by atoms with van der Waals surface area (Å²) in [5.41, 5.74) is 0.